The van der Waals surface area contributed by atoms with E-state index in [-0.39, 0.29) is 5.91 Å². The number of benzene rings is 1. The van der Waals surface area contributed by atoms with E-state index in [9.17, 15) is 4.79 Å². The molecule has 4 nitrogen and oxygen atoms in total. The second-order valence-corrected chi connectivity index (χ2v) is 5.16. The highest BCUT2D eigenvalue weighted by Crippen LogP contribution is 2.17. The number of nitrogens with one attached hydrogen (secondary N) is 2. The Morgan fingerprint density at radius 3 is 3.11 bits per heavy atom. The Morgan fingerprint density at radius 2 is 2.26 bits per heavy atom. The summed E-state index contributed by atoms with van der Waals surface area (Å²) in [7, 11) is 0. The normalized spacial score (nSPS) is 10.7. The van der Waals surface area contributed by atoms with Crippen LogP contribution in [0, 0.1) is 0 Å². The van der Waals surface area contributed by atoms with Crippen LogP contribution in [-0.2, 0) is 6.42 Å². The summed E-state index contributed by atoms with van der Waals surface area (Å²) < 4.78 is 0. The van der Waals surface area contributed by atoms with Crippen LogP contribution >= 0.6 is 11.3 Å². The zero-order valence-electron chi connectivity index (χ0n) is 10.2. The number of nitrogens with zero attached hydrogens (tertiary/aromatic N) is 1. The van der Waals surface area contributed by atoms with E-state index >= 15 is 0 Å². The number of carbonyl (C=O) groups excluding carboxylic acids is 1. The molecule has 3 rings (SSSR count). The van der Waals surface area contributed by atoms with Gasteiger partial charge in [-0.05, 0) is 6.07 Å². The van der Waals surface area contributed by atoms with E-state index in [1.54, 1.807) is 23.7 Å². The van der Waals surface area contributed by atoms with Crippen molar-refractivity contribution in [2.24, 2.45) is 0 Å². The van der Waals surface area contributed by atoms with E-state index < -0.39 is 0 Å². The number of carbonyl (C=O) groups is 1. The van der Waals surface area contributed by atoms with Gasteiger partial charge in [0, 0.05) is 41.6 Å². The van der Waals surface area contributed by atoms with Crippen LogP contribution in [0.5, 0.6) is 0 Å². The quantitative estimate of drug-likeness (QED) is 0.766. The fourth-order valence-corrected chi connectivity index (χ4v) is 2.63. The number of thiazole rings is 1. The van der Waals surface area contributed by atoms with E-state index in [4.69, 9.17) is 0 Å². The molecule has 1 amide bonds. The van der Waals surface area contributed by atoms with Crippen LogP contribution in [0.25, 0.3) is 10.9 Å². The van der Waals surface area contributed by atoms with Crippen molar-refractivity contribution in [2.45, 2.75) is 6.42 Å². The van der Waals surface area contributed by atoms with Crippen molar-refractivity contribution in [1.29, 1.82) is 0 Å². The predicted molar refractivity (Wildman–Crippen MR) is 76.4 cm³/mol. The molecule has 0 spiro atoms. The van der Waals surface area contributed by atoms with Crippen LogP contribution < -0.4 is 5.32 Å². The first kappa shape index (κ1) is 11.9. The van der Waals surface area contributed by atoms with Gasteiger partial charge >= 0.3 is 0 Å². The fourth-order valence-electron chi connectivity index (χ4n) is 2.01. The lowest BCUT2D eigenvalue weighted by atomic mass is 10.1. The highest BCUT2D eigenvalue weighted by atomic mass is 32.1. The van der Waals surface area contributed by atoms with Crippen molar-refractivity contribution in [3.05, 3.63) is 52.6 Å². The van der Waals surface area contributed by atoms with Gasteiger partial charge in [-0.3, -0.25) is 4.79 Å². The van der Waals surface area contributed by atoms with Crippen molar-refractivity contribution in [2.75, 3.05) is 6.54 Å². The summed E-state index contributed by atoms with van der Waals surface area (Å²) in [6.07, 6.45) is 4.30. The van der Waals surface area contributed by atoms with Gasteiger partial charge in [-0.15, -0.1) is 11.3 Å². The van der Waals surface area contributed by atoms with E-state index in [1.165, 1.54) is 0 Å². The Bertz CT molecular complexity index is 688. The number of hydrogen-bond donors (Lipinski definition) is 2. The van der Waals surface area contributed by atoms with Crippen LogP contribution in [0.4, 0.5) is 0 Å². The van der Waals surface area contributed by atoms with Crippen LogP contribution in [0.1, 0.15) is 15.4 Å². The molecule has 0 radical (unpaired) electrons. The second-order valence-electron chi connectivity index (χ2n) is 4.18. The molecule has 1 aromatic carbocycles. The zero-order valence-corrected chi connectivity index (χ0v) is 11.0. The summed E-state index contributed by atoms with van der Waals surface area (Å²) >= 11 is 1.61. The third kappa shape index (κ3) is 2.51. The topological polar surface area (TPSA) is 57.8 Å². The van der Waals surface area contributed by atoms with Gasteiger partial charge in [-0.2, -0.15) is 0 Å². The number of aromatic nitrogens is 2. The Labute approximate surface area is 114 Å². The maximum Gasteiger partial charge on any atom is 0.253 e. The number of aromatic amines is 1. The maximum atomic E-state index is 12.1. The first-order chi connectivity index (χ1) is 9.34. The molecule has 0 saturated carbocycles. The van der Waals surface area contributed by atoms with Crippen molar-refractivity contribution < 1.29 is 4.79 Å². The smallest absolute Gasteiger partial charge is 0.253 e. The van der Waals surface area contributed by atoms with Gasteiger partial charge < -0.3 is 10.3 Å². The van der Waals surface area contributed by atoms with Crippen LogP contribution in [0.15, 0.2) is 42.0 Å². The SMILES string of the molecule is O=C(NCCc1nccs1)c1c[nH]c2ccccc12. The highest BCUT2D eigenvalue weighted by molar-refractivity contribution is 7.09. The molecule has 2 heterocycles. The van der Waals surface area contributed by atoms with Gasteiger partial charge in [-0.25, -0.2) is 4.98 Å². The first-order valence-electron chi connectivity index (χ1n) is 6.07. The zero-order chi connectivity index (χ0) is 13.1. The number of H-pyrrole nitrogens is 1. The molecule has 0 atom stereocenters. The van der Waals surface area contributed by atoms with Gasteiger partial charge in [0.1, 0.15) is 0 Å². The summed E-state index contributed by atoms with van der Waals surface area (Å²) in [5, 5.41) is 6.86. The van der Waals surface area contributed by atoms with Gasteiger partial charge in [0.25, 0.3) is 5.91 Å². The minimum absolute atomic E-state index is 0.0472. The maximum absolute atomic E-state index is 12.1. The first-order valence-corrected chi connectivity index (χ1v) is 6.95. The Morgan fingerprint density at radius 1 is 1.37 bits per heavy atom. The molecule has 2 aromatic heterocycles. The molecule has 2 N–H and O–H groups in total. The van der Waals surface area contributed by atoms with Crippen LogP contribution in [0.3, 0.4) is 0 Å². The third-order valence-corrected chi connectivity index (χ3v) is 3.78. The van der Waals surface area contributed by atoms with E-state index in [0.29, 0.717) is 12.1 Å². The molecular formula is C14H13N3OS. The van der Waals surface area contributed by atoms with Crippen LogP contribution in [0.2, 0.25) is 0 Å². The van der Waals surface area contributed by atoms with E-state index in [0.717, 1.165) is 22.3 Å². The Kier molecular flexibility index (Phi) is 3.29. The van der Waals surface area contributed by atoms with Gasteiger partial charge in [0.15, 0.2) is 0 Å². The largest absolute Gasteiger partial charge is 0.360 e. The molecule has 19 heavy (non-hydrogen) atoms. The average Bonchev–Trinajstić information content (AvgIpc) is 3.07. The minimum atomic E-state index is -0.0472. The Balaban J connectivity index is 1.67. The van der Waals surface area contributed by atoms with Crippen molar-refractivity contribution in [1.82, 2.24) is 15.3 Å². The summed E-state index contributed by atoms with van der Waals surface area (Å²) in [6.45, 7) is 0.603. The van der Waals surface area contributed by atoms with Gasteiger partial charge in [-0.1, -0.05) is 18.2 Å². The lowest BCUT2D eigenvalue weighted by Gasteiger charge is -2.02. The number of para-hydroxylation sites is 1. The summed E-state index contributed by atoms with van der Waals surface area (Å²) in [6, 6.07) is 7.79. The van der Waals surface area contributed by atoms with E-state index in [2.05, 4.69) is 15.3 Å². The summed E-state index contributed by atoms with van der Waals surface area (Å²) in [4.78, 5) is 19.4. The van der Waals surface area contributed by atoms with Gasteiger partial charge in [0.05, 0.1) is 10.6 Å². The number of rotatable bonds is 4. The molecule has 0 bridgehead atoms. The lowest BCUT2D eigenvalue weighted by molar-refractivity contribution is 0.0956. The number of fused-ring (bicyclic) bond motifs is 1. The van der Waals surface area contributed by atoms with Crippen molar-refractivity contribution in [3.63, 3.8) is 0 Å². The van der Waals surface area contributed by atoms with E-state index in [1.807, 2.05) is 29.6 Å². The molecule has 96 valence electrons. The highest BCUT2D eigenvalue weighted by Gasteiger charge is 2.10. The number of amides is 1. The molecule has 0 fully saturated rings. The molecule has 0 aliphatic carbocycles. The average molecular weight is 271 g/mol. The molecule has 3 aromatic rings. The molecule has 0 saturated heterocycles. The molecular weight excluding hydrogens is 258 g/mol. The summed E-state index contributed by atoms with van der Waals surface area (Å²) in [5.74, 6) is -0.0472. The predicted octanol–water partition coefficient (Wildman–Crippen LogP) is 2.60. The molecule has 0 unspecified atom stereocenters. The van der Waals surface area contributed by atoms with Crippen molar-refractivity contribution >= 4 is 28.1 Å². The molecule has 0 aliphatic heterocycles. The third-order valence-electron chi connectivity index (χ3n) is 2.94. The second kappa shape index (κ2) is 5.24. The number of hydrogen-bond acceptors (Lipinski definition) is 3. The molecule has 0 aliphatic rings. The minimum Gasteiger partial charge on any atom is -0.360 e. The standard InChI is InChI=1S/C14H13N3OS/c18-14(16-6-5-13-15-7-8-19-13)11-9-17-12-4-2-1-3-10(11)12/h1-4,7-9,17H,5-6H2,(H,16,18). The van der Waals surface area contributed by atoms with Gasteiger partial charge in [0.2, 0.25) is 0 Å². The van der Waals surface area contributed by atoms with Crippen LogP contribution in [-0.4, -0.2) is 22.4 Å². The monoisotopic (exact) mass is 271 g/mol. The summed E-state index contributed by atoms with van der Waals surface area (Å²) in [5.41, 5.74) is 1.67. The fraction of sp³-hybridized carbons (Fsp3) is 0.143. The Hall–Kier alpha value is -2.14. The van der Waals surface area contributed by atoms with Crippen molar-refractivity contribution in [3.8, 4) is 0 Å². The lowest BCUT2D eigenvalue weighted by Crippen LogP contribution is -2.25. The molecule has 5 heteroatoms.